The van der Waals surface area contributed by atoms with Crippen LogP contribution in [-0.4, -0.2) is 15.6 Å². The molecule has 0 radical (unpaired) electrons. The largest absolute Gasteiger partial charge is 0.416 e. The predicted molar refractivity (Wildman–Crippen MR) is 65.9 cm³/mol. The van der Waals surface area contributed by atoms with Crippen LogP contribution in [0.2, 0.25) is 0 Å². The lowest BCUT2D eigenvalue weighted by molar-refractivity contribution is -0.137. The van der Waals surface area contributed by atoms with Gasteiger partial charge < -0.3 is 5.73 Å². The first kappa shape index (κ1) is 14.3. The van der Waals surface area contributed by atoms with Crippen LogP contribution in [-0.2, 0) is 13.2 Å². The van der Waals surface area contributed by atoms with Gasteiger partial charge in [-0.1, -0.05) is 12.1 Å². The minimum absolute atomic E-state index is 0.0730. The number of ketones is 1. The summed E-state index contributed by atoms with van der Waals surface area (Å²) in [4.78, 5) is 12.1. The second-order valence-electron chi connectivity index (χ2n) is 4.37. The van der Waals surface area contributed by atoms with Crippen LogP contribution >= 0.6 is 0 Å². The monoisotopic (exact) mass is 283 g/mol. The van der Waals surface area contributed by atoms with E-state index in [0.29, 0.717) is 5.56 Å². The zero-order valence-electron chi connectivity index (χ0n) is 10.6. The smallest absolute Gasteiger partial charge is 0.317 e. The minimum atomic E-state index is -4.49. The summed E-state index contributed by atoms with van der Waals surface area (Å²) in [5.74, 6) is -0.580. The summed E-state index contributed by atoms with van der Waals surface area (Å²) in [6.45, 7) is 0. The average Bonchev–Trinajstić information content (AvgIpc) is 2.83. The van der Waals surface area contributed by atoms with E-state index in [-0.39, 0.29) is 5.56 Å². The number of nitrogens with zero attached hydrogens (tertiary/aromatic N) is 2. The van der Waals surface area contributed by atoms with Gasteiger partial charge in [-0.25, -0.2) is 0 Å². The first-order valence-corrected chi connectivity index (χ1v) is 5.74. The molecule has 1 atom stereocenters. The van der Waals surface area contributed by atoms with Crippen molar-refractivity contribution in [1.82, 2.24) is 9.78 Å². The Morgan fingerprint density at radius 2 is 2.10 bits per heavy atom. The number of rotatable bonds is 3. The fourth-order valence-electron chi connectivity index (χ4n) is 1.78. The van der Waals surface area contributed by atoms with Gasteiger partial charge in [0.25, 0.3) is 0 Å². The molecule has 0 saturated carbocycles. The molecule has 1 unspecified atom stereocenters. The van der Waals surface area contributed by atoms with Crippen LogP contribution in [0.1, 0.15) is 27.5 Å². The van der Waals surface area contributed by atoms with Gasteiger partial charge in [-0.2, -0.15) is 18.3 Å². The minimum Gasteiger partial charge on any atom is -0.317 e. The predicted octanol–water partition coefficient (Wildman–Crippen LogP) is 2.32. The second-order valence-corrected chi connectivity index (χ2v) is 4.37. The summed E-state index contributed by atoms with van der Waals surface area (Å²) in [6, 6.07) is 3.18. The summed E-state index contributed by atoms with van der Waals surface area (Å²) < 4.78 is 39.3. The average molecular weight is 283 g/mol. The van der Waals surface area contributed by atoms with E-state index < -0.39 is 23.6 Å². The molecule has 0 amide bonds. The maximum Gasteiger partial charge on any atom is 0.416 e. The summed E-state index contributed by atoms with van der Waals surface area (Å²) in [7, 11) is 1.66. The van der Waals surface area contributed by atoms with Crippen molar-refractivity contribution in [2.75, 3.05) is 0 Å². The van der Waals surface area contributed by atoms with E-state index in [2.05, 4.69) is 5.10 Å². The fourth-order valence-corrected chi connectivity index (χ4v) is 1.78. The molecule has 0 aliphatic rings. The maximum atomic E-state index is 12.6. The van der Waals surface area contributed by atoms with E-state index in [4.69, 9.17) is 5.73 Å². The lowest BCUT2D eigenvalue weighted by Gasteiger charge is -2.11. The van der Waals surface area contributed by atoms with E-state index in [1.54, 1.807) is 13.2 Å². The molecule has 2 N–H and O–H groups in total. The summed E-state index contributed by atoms with van der Waals surface area (Å²) in [5, 5.41) is 3.88. The number of Topliss-reactive ketones (excluding diaryl/α,β-unsaturated/α-hetero) is 1. The van der Waals surface area contributed by atoms with Gasteiger partial charge in [0.1, 0.15) is 0 Å². The van der Waals surface area contributed by atoms with E-state index in [9.17, 15) is 18.0 Å². The Labute approximate surface area is 113 Å². The zero-order chi connectivity index (χ0) is 14.9. The second kappa shape index (κ2) is 5.09. The fraction of sp³-hybridized carbons (Fsp3) is 0.231. The number of halogens is 3. The molecular weight excluding hydrogens is 271 g/mol. The van der Waals surface area contributed by atoms with Crippen LogP contribution in [0.25, 0.3) is 0 Å². The van der Waals surface area contributed by atoms with Gasteiger partial charge in [0.2, 0.25) is 0 Å². The Morgan fingerprint density at radius 3 is 2.65 bits per heavy atom. The number of benzene rings is 1. The van der Waals surface area contributed by atoms with Crippen LogP contribution in [0.4, 0.5) is 13.2 Å². The Hall–Kier alpha value is -2.15. The van der Waals surface area contributed by atoms with Gasteiger partial charge in [0.05, 0.1) is 17.8 Å². The highest BCUT2D eigenvalue weighted by Gasteiger charge is 2.31. The summed E-state index contributed by atoms with van der Waals surface area (Å²) in [6.07, 6.45) is -1.53. The zero-order valence-corrected chi connectivity index (χ0v) is 10.6. The van der Waals surface area contributed by atoms with Crippen molar-refractivity contribution in [1.29, 1.82) is 0 Å². The molecule has 1 heterocycles. The lowest BCUT2D eigenvalue weighted by Crippen LogP contribution is -2.21. The molecular formula is C13H12F3N3O. The van der Waals surface area contributed by atoms with Crippen LogP contribution in [0.5, 0.6) is 0 Å². The SMILES string of the molecule is Cn1cc(C(N)C(=O)c2cccc(C(F)(F)F)c2)cn1. The van der Waals surface area contributed by atoms with Gasteiger partial charge >= 0.3 is 6.18 Å². The first-order chi connectivity index (χ1) is 9.29. The van der Waals surface area contributed by atoms with E-state index in [1.165, 1.54) is 23.0 Å². The van der Waals surface area contributed by atoms with Gasteiger partial charge in [-0.15, -0.1) is 0 Å². The van der Waals surface area contributed by atoms with Crippen molar-refractivity contribution >= 4 is 5.78 Å². The van der Waals surface area contributed by atoms with Crippen LogP contribution in [0.3, 0.4) is 0 Å². The van der Waals surface area contributed by atoms with Crippen LogP contribution < -0.4 is 5.73 Å². The molecule has 1 aromatic carbocycles. The number of nitrogens with two attached hydrogens (primary N) is 1. The third-order valence-corrected chi connectivity index (χ3v) is 2.84. The number of carbonyl (C=O) groups excluding carboxylic acids is 1. The number of carbonyl (C=O) groups is 1. The highest BCUT2D eigenvalue weighted by atomic mass is 19.4. The van der Waals surface area contributed by atoms with Gasteiger partial charge in [-0.3, -0.25) is 9.48 Å². The number of alkyl halides is 3. The molecule has 1 aromatic heterocycles. The van der Waals surface area contributed by atoms with Gasteiger partial charge in [-0.05, 0) is 12.1 Å². The van der Waals surface area contributed by atoms with Crippen molar-refractivity contribution in [2.24, 2.45) is 12.8 Å². The molecule has 7 heteroatoms. The van der Waals surface area contributed by atoms with Gasteiger partial charge in [0.15, 0.2) is 5.78 Å². The summed E-state index contributed by atoms with van der Waals surface area (Å²) >= 11 is 0. The molecule has 0 aliphatic heterocycles. The highest BCUT2D eigenvalue weighted by Crippen LogP contribution is 2.30. The highest BCUT2D eigenvalue weighted by molar-refractivity contribution is 6.00. The molecule has 0 bridgehead atoms. The van der Waals surface area contributed by atoms with Crippen LogP contribution in [0, 0.1) is 0 Å². The van der Waals surface area contributed by atoms with E-state index in [0.717, 1.165) is 12.1 Å². The van der Waals surface area contributed by atoms with Crippen molar-refractivity contribution in [2.45, 2.75) is 12.2 Å². The molecule has 2 rings (SSSR count). The van der Waals surface area contributed by atoms with Crippen molar-refractivity contribution < 1.29 is 18.0 Å². The molecule has 0 fully saturated rings. The molecule has 0 spiro atoms. The Bertz CT molecular complexity index is 634. The Kier molecular flexibility index (Phi) is 3.63. The summed E-state index contributed by atoms with van der Waals surface area (Å²) in [5.41, 5.74) is 5.27. The number of hydrogen-bond acceptors (Lipinski definition) is 3. The molecule has 0 saturated heterocycles. The van der Waals surface area contributed by atoms with Crippen LogP contribution in [0.15, 0.2) is 36.7 Å². The standard InChI is InChI=1S/C13H12F3N3O/c1-19-7-9(6-18-19)11(17)12(20)8-3-2-4-10(5-8)13(14,15)16/h2-7,11H,17H2,1H3. The first-order valence-electron chi connectivity index (χ1n) is 5.74. The number of hydrogen-bond donors (Lipinski definition) is 1. The number of aromatic nitrogens is 2. The van der Waals surface area contributed by atoms with E-state index in [1.807, 2.05) is 0 Å². The third kappa shape index (κ3) is 2.88. The van der Waals surface area contributed by atoms with Gasteiger partial charge in [0, 0.05) is 24.4 Å². The topological polar surface area (TPSA) is 60.9 Å². The molecule has 20 heavy (non-hydrogen) atoms. The third-order valence-electron chi connectivity index (χ3n) is 2.84. The lowest BCUT2D eigenvalue weighted by atomic mass is 9.99. The van der Waals surface area contributed by atoms with Crippen molar-refractivity contribution in [3.05, 3.63) is 53.3 Å². The van der Waals surface area contributed by atoms with E-state index >= 15 is 0 Å². The normalized spacial score (nSPS) is 13.2. The van der Waals surface area contributed by atoms with Crippen molar-refractivity contribution in [3.63, 3.8) is 0 Å². The molecule has 4 nitrogen and oxygen atoms in total. The molecule has 106 valence electrons. The molecule has 0 aliphatic carbocycles. The maximum absolute atomic E-state index is 12.6. The number of aryl methyl sites for hydroxylation is 1. The molecule has 2 aromatic rings. The van der Waals surface area contributed by atoms with Crippen molar-refractivity contribution in [3.8, 4) is 0 Å². The Morgan fingerprint density at radius 1 is 1.40 bits per heavy atom. The Balaban J connectivity index is 2.29. The quantitative estimate of drug-likeness (QED) is 0.879.